The van der Waals surface area contributed by atoms with Crippen LogP contribution in [0.5, 0.6) is 0 Å². The summed E-state index contributed by atoms with van der Waals surface area (Å²) in [6, 6.07) is 0.776. The van der Waals surface area contributed by atoms with Gasteiger partial charge in [0.1, 0.15) is 11.5 Å². The first-order valence-corrected chi connectivity index (χ1v) is 8.55. The van der Waals surface area contributed by atoms with Crippen LogP contribution in [0.2, 0.25) is 0 Å². The number of aromatic nitrogens is 2. The molecule has 1 atom stereocenters. The van der Waals surface area contributed by atoms with E-state index in [1.165, 1.54) is 4.57 Å². The van der Waals surface area contributed by atoms with Crippen LogP contribution < -0.4 is 21.6 Å². The van der Waals surface area contributed by atoms with Crippen molar-refractivity contribution in [3.05, 3.63) is 38.3 Å². The second-order valence-electron chi connectivity index (χ2n) is 7.06. The van der Waals surface area contributed by atoms with Crippen LogP contribution in [-0.2, 0) is 0 Å². The summed E-state index contributed by atoms with van der Waals surface area (Å²) in [5.74, 6) is -1.65. The first kappa shape index (κ1) is 18.0. The third kappa shape index (κ3) is 2.49. The van der Waals surface area contributed by atoms with Gasteiger partial charge in [0, 0.05) is 25.2 Å². The third-order valence-electron chi connectivity index (χ3n) is 5.23. The van der Waals surface area contributed by atoms with Crippen LogP contribution in [0.3, 0.4) is 0 Å². The van der Waals surface area contributed by atoms with Gasteiger partial charge in [-0.25, -0.2) is 8.78 Å². The molecule has 3 aromatic rings. The molecule has 3 N–H and O–H groups in total. The number of fused-ring (bicyclic) bond motifs is 2. The maximum Gasteiger partial charge on any atom is 0.293 e. The molecule has 3 heterocycles. The molecular weight excluding hydrogens is 382 g/mol. The van der Waals surface area contributed by atoms with E-state index in [2.05, 4.69) is 5.16 Å². The molecule has 27 heavy (non-hydrogen) atoms. The summed E-state index contributed by atoms with van der Waals surface area (Å²) in [7, 11) is 0. The minimum atomic E-state index is -0.831. The lowest BCUT2D eigenvalue weighted by molar-refractivity contribution is 0.428. The quantitative estimate of drug-likeness (QED) is 0.688. The number of nitrogens with zero attached hydrogens (tertiary/aromatic N) is 2. The molecule has 0 bridgehead atoms. The van der Waals surface area contributed by atoms with E-state index in [4.69, 9.17) is 10.3 Å². The molecule has 0 amide bonds. The molecule has 1 unspecified atom stereocenters. The monoisotopic (exact) mass is 398 g/mol. The first-order valence-electron chi connectivity index (χ1n) is 8.55. The maximum atomic E-state index is 15.5. The van der Waals surface area contributed by atoms with Gasteiger partial charge in [0.05, 0.1) is 10.9 Å². The van der Waals surface area contributed by atoms with Crippen molar-refractivity contribution < 1.29 is 13.3 Å². The molecule has 1 aromatic carbocycles. The number of H-pyrrole nitrogens is 1. The van der Waals surface area contributed by atoms with Crippen molar-refractivity contribution in [2.45, 2.75) is 31.3 Å². The molecule has 2 aromatic heterocycles. The third-order valence-corrected chi connectivity index (χ3v) is 5.23. The SMILES string of the molecule is Cl.NC1CCN(c2c(F)cc3c(=O)c4c(=O)[nH]oc4n(C4CC4)c3c2F)C1. The largest absolute Gasteiger partial charge is 0.365 e. The van der Waals surface area contributed by atoms with Gasteiger partial charge < -0.3 is 19.7 Å². The average molecular weight is 399 g/mol. The molecular formula is C17H17ClF2N4O3. The maximum absolute atomic E-state index is 15.5. The van der Waals surface area contributed by atoms with Crippen molar-refractivity contribution in [1.29, 1.82) is 0 Å². The number of nitrogens with two attached hydrogens (primary N) is 1. The lowest BCUT2D eigenvalue weighted by Crippen LogP contribution is -2.28. The summed E-state index contributed by atoms with van der Waals surface area (Å²) < 4.78 is 36.9. The molecule has 10 heteroatoms. The highest BCUT2D eigenvalue weighted by Gasteiger charge is 2.34. The predicted octanol–water partition coefficient (Wildman–Crippen LogP) is 2.01. The summed E-state index contributed by atoms with van der Waals surface area (Å²) in [6.07, 6.45) is 2.17. The molecule has 1 aliphatic carbocycles. The highest BCUT2D eigenvalue weighted by Crippen LogP contribution is 2.41. The fourth-order valence-corrected chi connectivity index (χ4v) is 3.87. The summed E-state index contributed by atoms with van der Waals surface area (Å²) in [4.78, 5) is 26.2. The normalized spacial score (nSPS) is 19.8. The van der Waals surface area contributed by atoms with Crippen LogP contribution in [0.15, 0.2) is 20.2 Å². The van der Waals surface area contributed by atoms with Gasteiger partial charge in [-0.1, -0.05) is 0 Å². The Labute approximate surface area is 157 Å². The van der Waals surface area contributed by atoms with Crippen molar-refractivity contribution in [1.82, 2.24) is 9.72 Å². The molecule has 5 rings (SSSR count). The summed E-state index contributed by atoms with van der Waals surface area (Å²) in [5, 5.41) is 1.77. The Balaban J connectivity index is 0.00000180. The molecule has 1 saturated heterocycles. The highest BCUT2D eigenvalue weighted by molar-refractivity contribution is 5.93. The van der Waals surface area contributed by atoms with Crippen LogP contribution in [0.1, 0.15) is 25.3 Å². The summed E-state index contributed by atoms with van der Waals surface area (Å²) >= 11 is 0. The number of anilines is 1. The standard InChI is InChI=1S/C17H16F2N4O3.ClH/c18-10-5-9-13(12(19)14(10)22-4-3-7(20)6-22)23(8-1-2-8)17-11(15(9)24)16(25)21-26-17;/h5,7-8H,1-4,6,20H2,(H,21,25);1H. The van der Waals surface area contributed by atoms with Crippen LogP contribution in [0, 0.1) is 11.6 Å². The van der Waals surface area contributed by atoms with Crippen molar-refractivity contribution in [2.75, 3.05) is 18.0 Å². The fraction of sp³-hybridized carbons (Fsp3) is 0.412. The zero-order valence-electron chi connectivity index (χ0n) is 14.1. The smallest absolute Gasteiger partial charge is 0.293 e. The van der Waals surface area contributed by atoms with Crippen molar-refractivity contribution in [3.63, 3.8) is 0 Å². The van der Waals surface area contributed by atoms with E-state index in [9.17, 15) is 14.0 Å². The molecule has 1 aliphatic heterocycles. The van der Waals surface area contributed by atoms with Crippen LogP contribution in [0.25, 0.3) is 22.0 Å². The van der Waals surface area contributed by atoms with Gasteiger partial charge in [0.15, 0.2) is 11.2 Å². The van der Waals surface area contributed by atoms with Gasteiger partial charge in [0.25, 0.3) is 5.56 Å². The lowest BCUT2D eigenvalue weighted by atomic mass is 10.1. The van der Waals surface area contributed by atoms with Crippen LogP contribution >= 0.6 is 12.4 Å². The molecule has 1 saturated carbocycles. The van der Waals surface area contributed by atoms with Crippen molar-refractivity contribution in [2.24, 2.45) is 5.73 Å². The lowest BCUT2D eigenvalue weighted by Gasteiger charge is -2.21. The minimum Gasteiger partial charge on any atom is -0.365 e. The minimum absolute atomic E-state index is 0. The number of benzene rings is 1. The van der Waals surface area contributed by atoms with E-state index < -0.39 is 22.6 Å². The summed E-state index contributed by atoms with van der Waals surface area (Å²) in [6.45, 7) is 0.782. The molecule has 2 aliphatic rings. The van der Waals surface area contributed by atoms with Gasteiger partial charge in [-0.05, 0) is 25.3 Å². The first-order chi connectivity index (χ1) is 12.5. The van der Waals surface area contributed by atoms with Gasteiger partial charge in [-0.15, -0.1) is 12.4 Å². The van der Waals surface area contributed by atoms with E-state index in [-0.39, 0.29) is 52.2 Å². The van der Waals surface area contributed by atoms with E-state index in [0.29, 0.717) is 19.5 Å². The van der Waals surface area contributed by atoms with Crippen LogP contribution in [0.4, 0.5) is 14.5 Å². The molecule has 2 fully saturated rings. The Morgan fingerprint density at radius 1 is 1.22 bits per heavy atom. The van der Waals surface area contributed by atoms with Crippen LogP contribution in [-0.4, -0.2) is 28.9 Å². The number of aromatic amines is 1. The Hall–Kier alpha value is -2.39. The number of rotatable bonds is 2. The number of hydrogen-bond acceptors (Lipinski definition) is 5. The number of pyridine rings is 1. The van der Waals surface area contributed by atoms with Crippen molar-refractivity contribution in [3.8, 4) is 0 Å². The van der Waals surface area contributed by atoms with E-state index in [1.807, 2.05) is 0 Å². The molecule has 0 radical (unpaired) electrons. The number of halogens is 3. The molecule has 0 spiro atoms. The zero-order valence-corrected chi connectivity index (χ0v) is 14.9. The Morgan fingerprint density at radius 3 is 2.59 bits per heavy atom. The average Bonchev–Trinajstić information content (AvgIpc) is 3.23. The second-order valence-corrected chi connectivity index (χ2v) is 7.06. The van der Waals surface area contributed by atoms with E-state index >= 15 is 4.39 Å². The van der Waals surface area contributed by atoms with E-state index in [1.54, 1.807) is 4.90 Å². The van der Waals surface area contributed by atoms with E-state index in [0.717, 1.165) is 18.9 Å². The van der Waals surface area contributed by atoms with Gasteiger partial charge in [0.2, 0.25) is 11.1 Å². The zero-order chi connectivity index (χ0) is 18.2. The summed E-state index contributed by atoms with van der Waals surface area (Å²) in [5.41, 5.74) is 4.24. The Kier molecular flexibility index (Phi) is 4.04. The highest BCUT2D eigenvalue weighted by atomic mass is 35.5. The second kappa shape index (κ2) is 6.07. The molecule has 7 nitrogen and oxygen atoms in total. The van der Waals surface area contributed by atoms with Crippen molar-refractivity contribution >= 4 is 40.1 Å². The number of hydrogen-bond donors (Lipinski definition) is 2. The Morgan fingerprint density at radius 2 is 1.96 bits per heavy atom. The van der Waals surface area contributed by atoms with Gasteiger partial charge in [-0.2, -0.15) is 5.16 Å². The fourth-order valence-electron chi connectivity index (χ4n) is 3.87. The predicted molar refractivity (Wildman–Crippen MR) is 98.8 cm³/mol. The topological polar surface area (TPSA) is 97.3 Å². The number of nitrogens with one attached hydrogen (secondary N) is 1. The van der Waals surface area contributed by atoms with Gasteiger partial charge in [-0.3, -0.25) is 9.59 Å². The Bertz CT molecular complexity index is 1180. The van der Waals surface area contributed by atoms with Gasteiger partial charge >= 0.3 is 0 Å². The molecule has 144 valence electrons.